The van der Waals surface area contributed by atoms with Gasteiger partial charge in [0.15, 0.2) is 16.3 Å². The van der Waals surface area contributed by atoms with Crippen LogP contribution in [-0.2, 0) is 14.3 Å². The van der Waals surface area contributed by atoms with Crippen LogP contribution < -0.4 is 14.3 Å². The topological polar surface area (TPSA) is 99.4 Å². The molecule has 1 fully saturated rings. The van der Waals surface area contributed by atoms with E-state index in [0.29, 0.717) is 54.4 Å². The number of carbonyl (C=O) groups is 3. The van der Waals surface area contributed by atoms with Gasteiger partial charge in [-0.2, -0.15) is 4.99 Å². The van der Waals surface area contributed by atoms with Crippen molar-refractivity contribution in [2.45, 2.75) is 39.7 Å². The summed E-state index contributed by atoms with van der Waals surface area (Å²) in [7, 11) is 3.03. The van der Waals surface area contributed by atoms with E-state index in [0.717, 1.165) is 4.88 Å². The first-order valence-corrected chi connectivity index (χ1v) is 12.1. The SMILES string of the molecule is CCOC(=O)C1CCN(C(=O)[C@H](C)n2cc(C)sc2=NC(=O)c2ccc(OC)c(OC)c2)CC1. The summed E-state index contributed by atoms with van der Waals surface area (Å²) in [5.41, 5.74) is 0.357. The number of hydrogen-bond acceptors (Lipinski definition) is 7. The number of likely N-dealkylation sites (tertiary alicyclic amines) is 1. The van der Waals surface area contributed by atoms with Crippen molar-refractivity contribution in [3.63, 3.8) is 0 Å². The van der Waals surface area contributed by atoms with E-state index in [2.05, 4.69) is 4.99 Å². The lowest BCUT2D eigenvalue weighted by Crippen LogP contribution is -2.44. The van der Waals surface area contributed by atoms with E-state index >= 15 is 0 Å². The molecule has 1 atom stereocenters. The maximum Gasteiger partial charge on any atom is 0.309 e. The number of aromatic nitrogens is 1. The second kappa shape index (κ2) is 11.3. The van der Waals surface area contributed by atoms with Gasteiger partial charge >= 0.3 is 5.97 Å². The molecule has 3 rings (SSSR count). The molecular weight excluding hydrogens is 458 g/mol. The van der Waals surface area contributed by atoms with E-state index < -0.39 is 11.9 Å². The Balaban J connectivity index is 1.78. The first-order valence-electron chi connectivity index (χ1n) is 11.2. The van der Waals surface area contributed by atoms with Crippen molar-refractivity contribution in [3.05, 3.63) is 39.6 Å². The van der Waals surface area contributed by atoms with Gasteiger partial charge in [0.05, 0.1) is 26.7 Å². The number of amides is 2. The molecule has 2 aromatic rings. The zero-order chi connectivity index (χ0) is 24.8. The van der Waals surface area contributed by atoms with Crippen molar-refractivity contribution in [1.29, 1.82) is 0 Å². The molecule has 0 radical (unpaired) electrons. The van der Waals surface area contributed by atoms with E-state index in [1.165, 1.54) is 25.6 Å². The van der Waals surface area contributed by atoms with Crippen LogP contribution in [0.5, 0.6) is 11.5 Å². The summed E-state index contributed by atoms with van der Waals surface area (Å²) in [5, 5.41) is 0. The molecule has 2 amide bonds. The van der Waals surface area contributed by atoms with Crippen molar-refractivity contribution >= 4 is 29.1 Å². The van der Waals surface area contributed by atoms with Crippen molar-refractivity contribution in [3.8, 4) is 11.5 Å². The molecule has 0 bridgehead atoms. The smallest absolute Gasteiger partial charge is 0.309 e. The number of piperidine rings is 1. The van der Waals surface area contributed by atoms with Crippen LogP contribution in [0.4, 0.5) is 0 Å². The van der Waals surface area contributed by atoms with Gasteiger partial charge in [0, 0.05) is 29.7 Å². The predicted molar refractivity (Wildman–Crippen MR) is 127 cm³/mol. The van der Waals surface area contributed by atoms with Crippen LogP contribution in [0, 0.1) is 12.8 Å². The van der Waals surface area contributed by atoms with Gasteiger partial charge in [0.25, 0.3) is 5.91 Å². The number of methoxy groups -OCH3 is 2. The number of aryl methyl sites for hydroxylation is 1. The summed E-state index contributed by atoms with van der Waals surface area (Å²) in [6, 6.07) is 4.32. The third-order valence-corrected chi connectivity index (χ3v) is 6.73. The van der Waals surface area contributed by atoms with Gasteiger partial charge in [-0.15, -0.1) is 11.3 Å². The molecule has 0 N–H and O–H groups in total. The number of thiazole rings is 1. The Morgan fingerprint density at radius 1 is 1.15 bits per heavy atom. The van der Waals surface area contributed by atoms with Crippen LogP contribution >= 0.6 is 11.3 Å². The molecule has 0 unspecified atom stereocenters. The van der Waals surface area contributed by atoms with E-state index in [1.54, 1.807) is 41.5 Å². The van der Waals surface area contributed by atoms with Gasteiger partial charge in [-0.25, -0.2) is 0 Å². The molecule has 1 aliphatic heterocycles. The van der Waals surface area contributed by atoms with Crippen molar-refractivity contribution in [1.82, 2.24) is 9.47 Å². The Morgan fingerprint density at radius 2 is 1.82 bits per heavy atom. The summed E-state index contributed by atoms with van der Waals surface area (Å²) in [4.78, 5) is 45.5. The minimum atomic E-state index is -0.541. The first-order chi connectivity index (χ1) is 16.3. The van der Waals surface area contributed by atoms with Gasteiger partial charge in [-0.3, -0.25) is 14.4 Å². The van der Waals surface area contributed by atoms with E-state index in [9.17, 15) is 14.4 Å². The van der Waals surface area contributed by atoms with E-state index in [-0.39, 0.29) is 17.8 Å². The second-order valence-corrected chi connectivity index (χ2v) is 9.26. The Kier molecular flexibility index (Phi) is 8.49. The van der Waals surface area contributed by atoms with Gasteiger partial charge in [0.1, 0.15) is 6.04 Å². The van der Waals surface area contributed by atoms with Crippen LogP contribution in [0.2, 0.25) is 0 Å². The first kappa shape index (κ1) is 25.5. The third-order valence-electron chi connectivity index (χ3n) is 5.82. The molecule has 1 aromatic carbocycles. The fourth-order valence-electron chi connectivity index (χ4n) is 3.93. The highest BCUT2D eigenvalue weighted by molar-refractivity contribution is 7.09. The largest absolute Gasteiger partial charge is 0.493 e. The van der Waals surface area contributed by atoms with E-state index in [1.807, 2.05) is 13.1 Å². The number of rotatable bonds is 7. The van der Waals surface area contributed by atoms with Crippen LogP contribution in [0.3, 0.4) is 0 Å². The fourth-order valence-corrected chi connectivity index (χ4v) is 4.83. The Labute approximate surface area is 203 Å². The molecule has 0 aliphatic carbocycles. The summed E-state index contributed by atoms with van der Waals surface area (Å²) in [5.74, 6) is 0.0902. The predicted octanol–water partition coefficient (Wildman–Crippen LogP) is 2.98. The molecule has 1 saturated heterocycles. The molecule has 2 heterocycles. The van der Waals surface area contributed by atoms with Crippen molar-refractivity contribution in [2.75, 3.05) is 33.9 Å². The minimum Gasteiger partial charge on any atom is -0.493 e. The Bertz CT molecular complexity index is 1110. The molecular formula is C24H31N3O6S. The Hall–Kier alpha value is -3.14. The number of ether oxygens (including phenoxy) is 3. The summed E-state index contributed by atoms with van der Waals surface area (Å²) >= 11 is 1.34. The lowest BCUT2D eigenvalue weighted by Gasteiger charge is -2.32. The van der Waals surface area contributed by atoms with Gasteiger partial charge < -0.3 is 23.7 Å². The number of benzene rings is 1. The molecule has 34 heavy (non-hydrogen) atoms. The minimum absolute atomic E-state index is 0.0693. The van der Waals surface area contributed by atoms with Crippen LogP contribution in [0.15, 0.2) is 29.4 Å². The zero-order valence-electron chi connectivity index (χ0n) is 20.2. The maximum absolute atomic E-state index is 13.2. The average molecular weight is 490 g/mol. The highest BCUT2D eigenvalue weighted by Gasteiger charge is 2.31. The molecule has 1 aromatic heterocycles. The number of nitrogens with zero attached hydrogens (tertiary/aromatic N) is 3. The lowest BCUT2D eigenvalue weighted by atomic mass is 9.96. The molecule has 184 valence electrons. The van der Waals surface area contributed by atoms with Gasteiger partial charge in [0.2, 0.25) is 5.91 Å². The maximum atomic E-state index is 13.2. The average Bonchev–Trinajstić information content (AvgIpc) is 3.22. The monoisotopic (exact) mass is 489 g/mol. The van der Waals surface area contributed by atoms with Crippen LogP contribution in [0.1, 0.15) is 48.0 Å². The standard InChI is InChI=1S/C24H31N3O6S/c1-6-33-23(30)17-9-11-26(12-10-17)22(29)16(3)27-14-15(2)34-24(27)25-21(28)18-7-8-19(31-4)20(13-18)32-5/h7-8,13-14,16-17H,6,9-12H2,1-5H3/t16-/m0/s1. The highest BCUT2D eigenvalue weighted by Crippen LogP contribution is 2.28. The quantitative estimate of drug-likeness (QED) is 0.555. The molecule has 1 aliphatic rings. The number of hydrogen-bond donors (Lipinski definition) is 0. The number of esters is 1. The van der Waals surface area contributed by atoms with Gasteiger partial charge in [-0.05, 0) is 51.8 Å². The fraction of sp³-hybridized carbons (Fsp3) is 0.500. The Morgan fingerprint density at radius 3 is 2.44 bits per heavy atom. The van der Waals surface area contributed by atoms with Crippen molar-refractivity contribution in [2.24, 2.45) is 10.9 Å². The van der Waals surface area contributed by atoms with Crippen molar-refractivity contribution < 1.29 is 28.6 Å². The third kappa shape index (κ3) is 5.67. The lowest BCUT2D eigenvalue weighted by molar-refractivity contribution is -0.151. The van der Waals surface area contributed by atoms with Gasteiger partial charge in [-0.1, -0.05) is 0 Å². The molecule has 9 nitrogen and oxygen atoms in total. The molecule has 0 saturated carbocycles. The van der Waals surface area contributed by atoms with E-state index in [4.69, 9.17) is 14.2 Å². The summed E-state index contributed by atoms with van der Waals surface area (Å²) in [6.07, 6.45) is 3.00. The second-order valence-electron chi connectivity index (χ2n) is 8.05. The van der Waals surface area contributed by atoms with Crippen LogP contribution in [-0.4, -0.2) is 61.2 Å². The highest BCUT2D eigenvalue weighted by atomic mass is 32.1. The normalized spacial score (nSPS) is 15.7. The number of carbonyl (C=O) groups excluding carboxylic acids is 3. The summed E-state index contributed by atoms with van der Waals surface area (Å²) in [6.45, 7) is 6.84. The molecule has 10 heteroatoms. The summed E-state index contributed by atoms with van der Waals surface area (Å²) < 4.78 is 17.3. The molecule has 0 spiro atoms. The van der Waals surface area contributed by atoms with Crippen LogP contribution in [0.25, 0.3) is 0 Å². The zero-order valence-corrected chi connectivity index (χ0v) is 21.0.